The summed E-state index contributed by atoms with van der Waals surface area (Å²) in [5.74, 6) is 0. The second kappa shape index (κ2) is 9.14. The fourth-order valence-corrected chi connectivity index (χ4v) is 5.64. The standard InChI is InChI=1S/C26H25ClN2O3S/c1-17-8-10-20(11-9-17)15-29(33(31,32)25-7-5-4-6-23(25)27)16-22-14-21-12-18(2)19(3)13-24(21)28-26(22)30/h4-14H,15-16H2,1-3H3,(H,28,30). The smallest absolute Gasteiger partial charge is 0.252 e. The van der Waals surface area contributed by atoms with Crippen LogP contribution in [0.4, 0.5) is 0 Å². The molecule has 33 heavy (non-hydrogen) atoms. The van der Waals surface area contributed by atoms with Gasteiger partial charge in [0, 0.05) is 24.2 Å². The van der Waals surface area contributed by atoms with Crippen molar-refractivity contribution in [2.75, 3.05) is 0 Å². The number of aromatic nitrogens is 1. The molecule has 1 N–H and O–H groups in total. The molecule has 0 saturated carbocycles. The van der Waals surface area contributed by atoms with Gasteiger partial charge >= 0.3 is 0 Å². The lowest BCUT2D eigenvalue weighted by atomic mass is 10.0. The van der Waals surface area contributed by atoms with Gasteiger partial charge in [0.2, 0.25) is 10.0 Å². The SMILES string of the molecule is Cc1ccc(CN(Cc2cc3cc(C)c(C)cc3[nH]c2=O)S(=O)(=O)c2ccccc2Cl)cc1. The molecular formula is C26H25ClN2O3S. The fraction of sp³-hybridized carbons (Fsp3) is 0.192. The number of fused-ring (bicyclic) bond motifs is 1. The molecule has 0 spiro atoms. The maximum Gasteiger partial charge on any atom is 0.252 e. The third kappa shape index (κ3) is 4.88. The minimum atomic E-state index is -3.97. The van der Waals surface area contributed by atoms with E-state index in [2.05, 4.69) is 4.98 Å². The number of nitrogens with zero attached hydrogens (tertiary/aromatic N) is 1. The molecule has 4 rings (SSSR count). The first-order valence-electron chi connectivity index (χ1n) is 10.6. The molecule has 0 bridgehead atoms. The molecule has 170 valence electrons. The average Bonchev–Trinajstić information content (AvgIpc) is 2.77. The Bertz CT molecular complexity index is 1490. The van der Waals surface area contributed by atoms with Gasteiger partial charge < -0.3 is 4.98 Å². The van der Waals surface area contributed by atoms with Gasteiger partial charge in [-0.05, 0) is 73.2 Å². The van der Waals surface area contributed by atoms with E-state index in [4.69, 9.17) is 11.6 Å². The zero-order chi connectivity index (χ0) is 23.8. The van der Waals surface area contributed by atoms with E-state index < -0.39 is 10.0 Å². The van der Waals surface area contributed by atoms with E-state index >= 15 is 0 Å². The summed E-state index contributed by atoms with van der Waals surface area (Å²) in [6, 6.07) is 19.7. The van der Waals surface area contributed by atoms with Crippen molar-refractivity contribution >= 4 is 32.5 Å². The number of aryl methyl sites for hydroxylation is 3. The Morgan fingerprint density at radius 2 is 1.55 bits per heavy atom. The van der Waals surface area contributed by atoms with Gasteiger partial charge in [0.25, 0.3) is 5.56 Å². The number of hydrogen-bond donors (Lipinski definition) is 1. The van der Waals surface area contributed by atoms with Gasteiger partial charge in [0.1, 0.15) is 4.90 Å². The number of rotatable bonds is 6. The molecule has 0 saturated heterocycles. The maximum atomic E-state index is 13.6. The van der Waals surface area contributed by atoms with Crippen LogP contribution < -0.4 is 5.56 Å². The third-order valence-electron chi connectivity index (χ3n) is 5.82. The lowest BCUT2D eigenvalue weighted by molar-refractivity contribution is 0.400. The summed E-state index contributed by atoms with van der Waals surface area (Å²) in [5, 5.41) is 1.00. The Morgan fingerprint density at radius 1 is 0.879 bits per heavy atom. The van der Waals surface area contributed by atoms with Crippen molar-refractivity contribution in [3.05, 3.63) is 110 Å². The molecule has 4 aromatic rings. The van der Waals surface area contributed by atoms with Crippen LogP contribution in [-0.2, 0) is 23.1 Å². The highest BCUT2D eigenvalue weighted by Crippen LogP contribution is 2.27. The molecule has 1 heterocycles. The van der Waals surface area contributed by atoms with Crippen molar-refractivity contribution in [3.63, 3.8) is 0 Å². The molecule has 7 heteroatoms. The number of hydrogen-bond acceptors (Lipinski definition) is 3. The summed E-state index contributed by atoms with van der Waals surface area (Å²) in [5.41, 5.74) is 4.86. The van der Waals surface area contributed by atoms with E-state index in [-0.39, 0.29) is 28.6 Å². The van der Waals surface area contributed by atoms with Crippen LogP contribution in [0, 0.1) is 20.8 Å². The molecular weight excluding hydrogens is 456 g/mol. The summed E-state index contributed by atoms with van der Waals surface area (Å²) in [6.45, 7) is 5.99. The van der Waals surface area contributed by atoms with E-state index in [9.17, 15) is 13.2 Å². The van der Waals surface area contributed by atoms with E-state index in [1.807, 2.05) is 57.2 Å². The first-order valence-corrected chi connectivity index (χ1v) is 12.4. The fourth-order valence-electron chi connectivity index (χ4n) is 3.75. The Balaban J connectivity index is 1.80. The molecule has 0 aliphatic heterocycles. The lowest BCUT2D eigenvalue weighted by Gasteiger charge is -2.23. The highest BCUT2D eigenvalue weighted by atomic mass is 35.5. The highest BCUT2D eigenvalue weighted by molar-refractivity contribution is 7.89. The highest BCUT2D eigenvalue weighted by Gasteiger charge is 2.28. The minimum Gasteiger partial charge on any atom is -0.322 e. The van der Waals surface area contributed by atoms with Crippen LogP contribution in [0.2, 0.25) is 5.02 Å². The summed E-state index contributed by atoms with van der Waals surface area (Å²) >= 11 is 6.25. The summed E-state index contributed by atoms with van der Waals surface area (Å²) in [7, 11) is -3.97. The third-order valence-corrected chi connectivity index (χ3v) is 8.11. The van der Waals surface area contributed by atoms with Crippen LogP contribution in [0.3, 0.4) is 0 Å². The van der Waals surface area contributed by atoms with Crippen molar-refractivity contribution in [1.29, 1.82) is 0 Å². The minimum absolute atomic E-state index is 0.0162. The second-order valence-electron chi connectivity index (χ2n) is 8.34. The Kier molecular flexibility index (Phi) is 6.43. The first-order chi connectivity index (χ1) is 15.6. The van der Waals surface area contributed by atoms with Gasteiger partial charge in [0.05, 0.1) is 5.02 Å². The van der Waals surface area contributed by atoms with E-state index in [1.54, 1.807) is 24.3 Å². The zero-order valence-electron chi connectivity index (χ0n) is 18.7. The summed E-state index contributed by atoms with van der Waals surface area (Å²) < 4.78 is 28.6. The van der Waals surface area contributed by atoms with Gasteiger partial charge in [-0.2, -0.15) is 4.31 Å². The van der Waals surface area contributed by atoms with Crippen molar-refractivity contribution in [3.8, 4) is 0 Å². The van der Waals surface area contributed by atoms with E-state index in [0.717, 1.165) is 33.2 Å². The van der Waals surface area contributed by atoms with Crippen LogP contribution in [0.5, 0.6) is 0 Å². The van der Waals surface area contributed by atoms with Gasteiger partial charge in [-0.25, -0.2) is 8.42 Å². The molecule has 0 fully saturated rings. The number of benzene rings is 3. The average molecular weight is 481 g/mol. The molecule has 5 nitrogen and oxygen atoms in total. The van der Waals surface area contributed by atoms with E-state index in [1.165, 1.54) is 10.4 Å². The van der Waals surface area contributed by atoms with Crippen LogP contribution >= 0.6 is 11.6 Å². The van der Waals surface area contributed by atoms with Crippen molar-refractivity contribution in [2.45, 2.75) is 38.8 Å². The number of nitrogens with one attached hydrogen (secondary N) is 1. The zero-order valence-corrected chi connectivity index (χ0v) is 20.3. The quantitative estimate of drug-likeness (QED) is 0.396. The Labute approximate surface area is 198 Å². The molecule has 0 aliphatic rings. The lowest BCUT2D eigenvalue weighted by Crippen LogP contribution is -2.32. The number of aromatic amines is 1. The van der Waals surface area contributed by atoms with Crippen LogP contribution in [-0.4, -0.2) is 17.7 Å². The number of H-pyrrole nitrogens is 1. The number of halogens is 1. The molecule has 0 unspecified atom stereocenters. The molecule has 0 amide bonds. The topological polar surface area (TPSA) is 70.2 Å². The summed E-state index contributed by atoms with van der Waals surface area (Å²) in [6.07, 6.45) is 0. The molecule has 1 aromatic heterocycles. The summed E-state index contributed by atoms with van der Waals surface area (Å²) in [4.78, 5) is 15.8. The Hall–Kier alpha value is -2.93. The van der Waals surface area contributed by atoms with Gasteiger partial charge in [-0.1, -0.05) is 53.6 Å². The maximum absolute atomic E-state index is 13.6. The van der Waals surface area contributed by atoms with Crippen molar-refractivity contribution in [1.82, 2.24) is 9.29 Å². The Morgan fingerprint density at radius 3 is 2.24 bits per heavy atom. The van der Waals surface area contributed by atoms with Crippen LogP contribution in [0.25, 0.3) is 10.9 Å². The predicted molar refractivity (Wildman–Crippen MR) is 133 cm³/mol. The van der Waals surface area contributed by atoms with Gasteiger partial charge in [-0.3, -0.25) is 4.79 Å². The van der Waals surface area contributed by atoms with Gasteiger partial charge in [-0.15, -0.1) is 0 Å². The molecule has 0 atom stereocenters. The van der Waals surface area contributed by atoms with Crippen molar-refractivity contribution < 1.29 is 8.42 Å². The number of sulfonamides is 1. The number of pyridine rings is 1. The van der Waals surface area contributed by atoms with Gasteiger partial charge in [0.15, 0.2) is 0 Å². The van der Waals surface area contributed by atoms with Crippen molar-refractivity contribution in [2.24, 2.45) is 0 Å². The molecule has 3 aromatic carbocycles. The van der Waals surface area contributed by atoms with E-state index in [0.29, 0.717) is 5.56 Å². The largest absolute Gasteiger partial charge is 0.322 e. The normalized spacial score (nSPS) is 11.9. The monoisotopic (exact) mass is 480 g/mol. The van der Waals surface area contributed by atoms with Crippen LogP contribution in [0.1, 0.15) is 27.8 Å². The molecule has 0 radical (unpaired) electrons. The van der Waals surface area contributed by atoms with Crippen LogP contribution in [0.15, 0.2) is 76.4 Å². The first kappa shape index (κ1) is 23.2. The molecule has 0 aliphatic carbocycles. The second-order valence-corrected chi connectivity index (χ2v) is 10.7. The predicted octanol–water partition coefficient (Wildman–Crippen LogP) is 5.50.